The van der Waals surface area contributed by atoms with Crippen molar-refractivity contribution in [3.05, 3.63) is 24.0 Å². The molecule has 110 valence electrons. The third kappa shape index (κ3) is 3.70. The minimum Gasteiger partial charge on any atom is -0.370 e. The maximum Gasteiger partial charge on any atom is 0.157 e. The summed E-state index contributed by atoms with van der Waals surface area (Å²) in [5, 5.41) is 7.70. The molecule has 0 radical (unpaired) electrons. The Morgan fingerprint density at radius 2 is 2.10 bits per heavy atom. The average molecular weight is 275 g/mol. The summed E-state index contributed by atoms with van der Waals surface area (Å²) < 4.78 is 1.85. The van der Waals surface area contributed by atoms with Gasteiger partial charge in [-0.15, -0.1) is 0 Å². The van der Waals surface area contributed by atoms with Crippen LogP contribution in [0.5, 0.6) is 0 Å². The molecule has 1 N–H and O–H groups in total. The van der Waals surface area contributed by atoms with Crippen molar-refractivity contribution in [2.45, 2.75) is 39.7 Å². The van der Waals surface area contributed by atoms with Gasteiger partial charge in [0.15, 0.2) is 5.65 Å². The van der Waals surface area contributed by atoms with Crippen molar-refractivity contribution in [3.8, 4) is 0 Å². The van der Waals surface area contributed by atoms with Gasteiger partial charge in [0.25, 0.3) is 0 Å². The summed E-state index contributed by atoms with van der Waals surface area (Å²) in [7, 11) is 2.18. The van der Waals surface area contributed by atoms with Crippen LogP contribution < -0.4 is 5.32 Å². The molecule has 0 aromatic carbocycles. The van der Waals surface area contributed by atoms with Gasteiger partial charge in [0.1, 0.15) is 12.1 Å². The molecular formula is C15H25N5. The molecule has 2 heterocycles. The van der Waals surface area contributed by atoms with Crippen LogP contribution >= 0.6 is 0 Å². The van der Waals surface area contributed by atoms with Crippen molar-refractivity contribution in [1.82, 2.24) is 19.5 Å². The first-order valence-corrected chi connectivity index (χ1v) is 7.32. The first kappa shape index (κ1) is 14.8. The number of fused-ring (bicyclic) bond motifs is 1. The second kappa shape index (κ2) is 6.70. The summed E-state index contributed by atoms with van der Waals surface area (Å²) in [6, 6.07) is 4.77. The van der Waals surface area contributed by atoms with E-state index in [1.54, 1.807) is 6.33 Å². The predicted molar refractivity (Wildman–Crippen MR) is 83.2 cm³/mol. The number of nitrogens with zero attached hydrogens (tertiary/aromatic N) is 4. The third-order valence-electron chi connectivity index (χ3n) is 3.65. The van der Waals surface area contributed by atoms with E-state index < -0.39 is 0 Å². The number of nitrogens with one attached hydrogen (secondary N) is 1. The van der Waals surface area contributed by atoms with Crippen molar-refractivity contribution >= 4 is 11.5 Å². The van der Waals surface area contributed by atoms with E-state index in [9.17, 15) is 0 Å². The number of pyridine rings is 1. The standard InChI is InChI=1S/C15H25N5/c1-12(2)19(4)8-6-5-7-16-14-9-13(3)10-15-17-11-18-20(14)15/h9-12,16H,5-8H2,1-4H3. The third-order valence-corrected chi connectivity index (χ3v) is 3.65. The van der Waals surface area contributed by atoms with Crippen LogP contribution in [0.3, 0.4) is 0 Å². The molecule has 2 rings (SSSR count). The molecule has 5 nitrogen and oxygen atoms in total. The summed E-state index contributed by atoms with van der Waals surface area (Å²) in [6.45, 7) is 8.65. The molecule has 20 heavy (non-hydrogen) atoms. The molecule has 0 unspecified atom stereocenters. The van der Waals surface area contributed by atoms with Gasteiger partial charge in [-0.25, -0.2) is 4.98 Å². The van der Waals surface area contributed by atoms with Crippen molar-refractivity contribution in [1.29, 1.82) is 0 Å². The number of aromatic nitrogens is 3. The zero-order chi connectivity index (χ0) is 14.5. The van der Waals surface area contributed by atoms with Crippen LogP contribution in [-0.4, -0.2) is 45.7 Å². The average Bonchev–Trinajstić information content (AvgIpc) is 2.85. The van der Waals surface area contributed by atoms with Crippen molar-refractivity contribution in [2.24, 2.45) is 0 Å². The largest absolute Gasteiger partial charge is 0.370 e. The molecule has 0 bridgehead atoms. The lowest BCUT2D eigenvalue weighted by Gasteiger charge is -2.20. The van der Waals surface area contributed by atoms with Crippen LogP contribution in [0.1, 0.15) is 32.3 Å². The van der Waals surface area contributed by atoms with Crippen LogP contribution in [0.15, 0.2) is 18.5 Å². The van der Waals surface area contributed by atoms with E-state index in [1.807, 2.05) is 10.6 Å². The maximum atomic E-state index is 4.24. The van der Waals surface area contributed by atoms with E-state index in [0.29, 0.717) is 6.04 Å². The lowest BCUT2D eigenvalue weighted by atomic mass is 10.2. The number of aryl methyl sites for hydroxylation is 1. The van der Waals surface area contributed by atoms with Gasteiger partial charge in [-0.3, -0.25) is 0 Å². The van der Waals surface area contributed by atoms with E-state index in [-0.39, 0.29) is 0 Å². The zero-order valence-corrected chi connectivity index (χ0v) is 12.9. The van der Waals surface area contributed by atoms with Crippen molar-refractivity contribution in [2.75, 3.05) is 25.5 Å². The molecule has 0 fully saturated rings. The summed E-state index contributed by atoms with van der Waals surface area (Å²) >= 11 is 0. The molecule has 2 aromatic heterocycles. The van der Waals surface area contributed by atoms with Gasteiger partial charge in [-0.05, 0) is 64.9 Å². The van der Waals surface area contributed by atoms with Crippen molar-refractivity contribution < 1.29 is 0 Å². The fourth-order valence-corrected chi connectivity index (χ4v) is 2.14. The SMILES string of the molecule is Cc1cc(NCCCCN(C)C(C)C)n2ncnc2c1. The number of rotatable bonds is 7. The number of unbranched alkanes of at least 4 members (excludes halogenated alkanes) is 1. The van der Waals surface area contributed by atoms with Gasteiger partial charge >= 0.3 is 0 Å². The molecule has 0 spiro atoms. The van der Waals surface area contributed by atoms with E-state index in [0.717, 1.165) is 31.0 Å². The molecule has 0 aliphatic heterocycles. The Morgan fingerprint density at radius 1 is 1.30 bits per heavy atom. The first-order valence-electron chi connectivity index (χ1n) is 7.32. The van der Waals surface area contributed by atoms with Crippen LogP contribution in [-0.2, 0) is 0 Å². The maximum absolute atomic E-state index is 4.24. The molecule has 0 saturated heterocycles. The van der Waals surface area contributed by atoms with Crippen LogP contribution in [0.25, 0.3) is 5.65 Å². The molecule has 5 heteroatoms. The second-order valence-electron chi connectivity index (χ2n) is 5.66. The van der Waals surface area contributed by atoms with E-state index in [4.69, 9.17) is 0 Å². The highest BCUT2D eigenvalue weighted by atomic mass is 15.3. The van der Waals surface area contributed by atoms with E-state index >= 15 is 0 Å². The number of hydrogen-bond acceptors (Lipinski definition) is 4. The lowest BCUT2D eigenvalue weighted by Crippen LogP contribution is -2.27. The Bertz CT molecular complexity index is 546. The Balaban J connectivity index is 1.83. The highest BCUT2D eigenvalue weighted by Gasteiger charge is 2.04. The zero-order valence-electron chi connectivity index (χ0n) is 12.9. The Hall–Kier alpha value is -1.62. The Kier molecular flexibility index (Phi) is 4.95. The second-order valence-corrected chi connectivity index (χ2v) is 5.66. The van der Waals surface area contributed by atoms with Gasteiger partial charge in [0.2, 0.25) is 0 Å². The van der Waals surface area contributed by atoms with Gasteiger partial charge < -0.3 is 10.2 Å². The lowest BCUT2D eigenvalue weighted by molar-refractivity contribution is 0.269. The fourth-order valence-electron chi connectivity index (χ4n) is 2.14. The minimum atomic E-state index is 0.620. The van der Waals surface area contributed by atoms with Crippen LogP contribution in [0, 0.1) is 6.92 Å². The Morgan fingerprint density at radius 3 is 2.85 bits per heavy atom. The van der Waals surface area contributed by atoms with Gasteiger partial charge in [-0.1, -0.05) is 0 Å². The molecule has 0 atom stereocenters. The van der Waals surface area contributed by atoms with Crippen LogP contribution in [0.4, 0.5) is 5.82 Å². The molecule has 2 aromatic rings. The number of anilines is 1. The minimum absolute atomic E-state index is 0.620. The highest BCUT2D eigenvalue weighted by molar-refractivity contribution is 5.51. The van der Waals surface area contributed by atoms with Crippen molar-refractivity contribution in [3.63, 3.8) is 0 Å². The van der Waals surface area contributed by atoms with Gasteiger partial charge in [0, 0.05) is 12.6 Å². The van der Waals surface area contributed by atoms with Gasteiger partial charge in [-0.2, -0.15) is 9.61 Å². The smallest absolute Gasteiger partial charge is 0.157 e. The quantitative estimate of drug-likeness (QED) is 0.789. The summed E-state index contributed by atoms with van der Waals surface area (Å²) in [5.41, 5.74) is 2.10. The predicted octanol–water partition coefficient (Wildman–Crippen LogP) is 2.57. The van der Waals surface area contributed by atoms with Gasteiger partial charge in [0.05, 0.1) is 0 Å². The molecule has 0 amide bonds. The fraction of sp³-hybridized carbons (Fsp3) is 0.600. The molecular weight excluding hydrogens is 250 g/mol. The van der Waals surface area contributed by atoms with E-state index in [2.05, 4.69) is 54.2 Å². The summed E-state index contributed by atoms with van der Waals surface area (Å²) in [6.07, 6.45) is 3.95. The molecule has 0 aliphatic carbocycles. The van der Waals surface area contributed by atoms with Crippen LogP contribution in [0.2, 0.25) is 0 Å². The topological polar surface area (TPSA) is 45.5 Å². The summed E-state index contributed by atoms with van der Waals surface area (Å²) in [5.74, 6) is 1.02. The highest BCUT2D eigenvalue weighted by Crippen LogP contribution is 2.13. The molecule has 0 saturated carbocycles. The first-order chi connectivity index (χ1) is 9.58. The molecule has 0 aliphatic rings. The Labute approximate surface area is 121 Å². The summed E-state index contributed by atoms with van der Waals surface area (Å²) in [4.78, 5) is 6.61. The number of hydrogen-bond donors (Lipinski definition) is 1. The monoisotopic (exact) mass is 275 g/mol. The van der Waals surface area contributed by atoms with E-state index in [1.165, 1.54) is 12.0 Å². The normalized spacial score (nSPS) is 11.7.